The van der Waals surface area contributed by atoms with Gasteiger partial charge in [-0.2, -0.15) is 0 Å². The van der Waals surface area contributed by atoms with Crippen LogP contribution in [0.5, 0.6) is 0 Å². The second-order valence-electron chi connectivity index (χ2n) is 9.02. The van der Waals surface area contributed by atoms with Crippen molar-refractivity contribution in [2.45, 2.75) is 65.4 Å². The summed E-state index contributed by atoms with van der Waals surface area (Å²) in [4.78, 5) is 12.1. The van der Waals surface area contributed by atoms with Gasteiger partial charge < -0.3 is 5.11 Å². The lowest BCUT2D eigenvalue weighted by atomic mass is 9.47. The number of carbonyl (C=O) groups excluding carboxylic acids is 1. The summed E-state index contributed by atoms with van der Waals surface area (Å²) in [6, 6.07) is 0. The summed E-state index contributed by atoms with van der Waals surface area (Å²) in [5.74, 6) is 2.86. The molecule has 3 saturated carbocycles. The van der Waals surface area contributed by atoms with Crippen molar-refractivity contribution in [3.63, 3.8) is 0 Å². The molecule has 0 aromatic rings. The zero-order valence-electron chi connectivity index (χ0n) is 14.7. The molecular formula is C21H30O2. The van der Waals surface area contributed by atoms with Crippen LogP contribution in [0.1, 0.15) is 59.3 Å². The fourth-order valence-corrected chi connectivity index (χ4v) is 6.99. The summed E-state index contributed by atoms with van der Waals surface area (Å²) in [5, 5.41) is 9.94. The van der Waals surface area contributed by atoms with Gasteiger partial charge in [0.05, 0.1) is 6.10 Å². The van der Waals surface area contributed by atoms with E-state index in [9.17, 15) is 9.90 Å². The summed E-state index contributed by atoms with van der Waals surface area (Å²) in [6.45, 7) is 6.60. The fourth-order valence-electron chi connectivity index (χ4n) is 6.99. The maximum atomic E-state index is 12.1. The average molecular weight is 314 g/mol. The minimum atomic E-state index is -0.392. The van der Waals surface area contributed by atoms with Gasteiger partial charge in [-0.25, -0.2) is 0 Å². The second-order valence-corrected chi connectivity index (χ2v) is 9.02. The first-order valence-corrected chi connectivity index (χ1v) is 9.45. The third-order valence-electron chi connectivity index (χ3n) is 8.15. The Labute approximate surface area is 140 Å². The quantitative estimate of drug-likeness (QED) is 0.733. The lowest BCUT2D eigenvalue weighted by molar-refractivity contribution is -0.127. The van der Waals surface area contributed by atoms with Gasteiger partial charge in [-0.1, -0.05) is 37.6 Å². The van der Waals surface area contributed by atoms with E-state index in [1.807, 2.05) is 6.08 Å². The number of rotatable bonds is 1. The minimum Gasteiger partial charge on any atom is -0.385 e. The molecule has 1 N–H and O–H groups in total. The highest BCUT2D eigenvalue weighted by Crippen LogP contribution is 2.66. The topological polar surface area (TPSA) is 37.3 Å². The highest BCUT2D eigenvalue weighted by Gasteiger charge is 2.59. The molecule has 4 aliphatic rings. The van der Waals surface area contributed by atoms with Crippen molar-refractivity contribution < 1.29 is 9.90 Å². The zero-order valence-corrected chi connectivity index (χ0v) is 14.7. The van der Waals surface area contributed by atoms with Crippen LogP contribution in [0.4, 0.5) is 0 Å². The largest absolute Gasteiger partial charge is 0.385 e. The molecule has 0 aromatic heterocycles. The van der Waals surface area contributed by atoms with Crippen LogP contribution in [-0.2, 0) is 4.79 Å². The number of Topliss-reactive ketones (excluding diaryl/α,β-unsaturated/α-hetero) is 1. The molecule has 126 valence electrons. The van der Waals surface area contributed by atoms with E-state index in [1.54, 1.807) is 6.92 Å². The van der Waals surface area contributed by atoms with E-state index in [-0.39, 0.29) is 10.8 Å². The van der Waals surface area contributed by atoms with Gasteiger partial charge in [0.1, 0.15) is 5.78 Å². The number of carbonyl (C=O) groups is 1. The van der Waals surface area contributed by atoms with E-state index in [1.165, 1.54) is 31.3 Å². The molecular weight excluding hydrogens is 284 g/mol. The van der Waals surface area contributed by atoms with Crippen LogP contribution in [0.3, 0.4) is 0 Å². The van der Waals surface area contributed by atoms with Crippen molar-refractivity contribution >= 4 is 5.78 Å². The molecule has 7 atom stereocenters. The number of aliphatic hydroxyl groups is 1. The highest BCUT2D eigenvalue weighted by molar-refractivity contribution is 5.79. The van der Waals surface area contributed by atoms with Gasteiger partial charge >= 0.3 is 0 Å². The molecule has 4 rings (SSSR count). The highest BCUT2D eigenvalue weighted by atomic mass is 16.3. The van der Waals surface area contributed by atoms with Crippen molar-refractivity contribution in [1.82, 2.24) is 0 Å². The Balaban J connectivity index is 1.67. The standard InChI is InChI=1S/C21H30O2/c1-13(22)17-6-7-18-16-5-4-14-12-15(23)8-10-20(14,2)19(16)9-11-21(17,18)3/h8,10,12,15-19,23H,4-7,9,11H2,1-3H3/t15?,16-,17+,18-,19-,20-,21+/m0/s1. The predicted octanol–water partition coefficient (Wildman–Crippen LogP) is 4.29. The third kappa shape index (κ3) is 2.06. The first-order valence-electron chi connectivity index (χ1n) is 9.45. The Bertz CT molecular complexity index is 589. The van der Waals surface area contributed by atoms with Gasteiger partial charge in [-0.15, -0.1) is 0 Å². The number of ketones is 1. The van der Waals surface area contributed by atoms with Crippen LogP contribution in [0.25, 0.3) is 0 Å². The molecule has 4 aliphatic carbocycles. The van der Waals surface area contributed by atoms with Gasteiger partial charge in [-0.05, 0) is 68.6 Å². The van der Waals surface area contributed by atoms with Crippen LogP contribution in [0.15, 0.2) is 23.8 Å². The number of aliphatic hydroxyl groups excluding tert-OH is 1. The molecule has 0 saturated heterocycles. The van der Waals surface area contributed by atoms with Gasteiger partial charge in [-0.3, -0.25) is 4.79 Å². The predicted molar refractivity (Wildman–Crippen MR) is 91.8 cm³/mol. The maximum absolute atomic E-state index is 12.1. The van der Waals surface area contributed by atoms with E-state index in [4.69, 9.17) is 0 Å². The van der Waals surface area contributed by atoms with Crippen molar-refractivity contribution in [2.75, 3.05) is 0 Å². The van der Waals surface area contributed by atoms with Crippen LogP contribution in [-0.4, -0.2) is 17.0 Å². The van der Waals surface area contributed by atoms with Crippen LogP contribution >= 0.6 is 0 Å². The zero-order chi connectivity index (χ0) is 16.4. The Hall–Kier alpha value is -0.890. The minimum absolute atomic E-state index is 0.137. The lowest BCUT2D eigenvalue weighted by Gasteiger charge is -2.57. The van der Waals surface area contributed by atoms with E-state index in [0.717, 1.165) is 18.8 Å². The van der Waals surface area contributed by atoms with Crippen LogP contribution in [0, 0.1) is 34.5 Å². The number of hydrogen-bond acceptors (Lipinski definition) is 2. The Morgan fingerprint density at radius 2 is 1.96 bits per heavy atom. The summed E-state index contributed by atoms with van der Waals surface area (Å²) >= 11 is 0. The van der Waals surface area contributed by atoms with Crippen molar-refractivity contribution in [2.24, 2.45) is 34.5 Å². The van der Waals surface area contributed by atoms with Gasteiger partial charge in [0.25, 0.3) is 0 Å². The Morgan fingerprint density at radius 1 is 1.17 bits per heavy atom. The first kappa shape index (κ1) is 15.6. The third-order valence-corrected chi connectivity index (χ3v) is 8.15. The van der Waals surface area contributed by atoms with Crippen LogP contribution in [0.2, 0.25) is 0 Å². The van der Waals surface area contributed by atoms with E-state index in [2.05, 4.69) is 26.0 Å². The average Bonchev–Trinajstić information content (AvgIpc) is 2.85. The van der Waals surface area contributed by atoms with Gasteiger partial charge in [0, 0.05) is 11.3 Å². The van der Waals surface area contributed by atoms with Crippen molar-refractivity contribution in [1.29, 1.82) is 0 Å². The molecule has 23 heavy (non-hydrogen) atoms. The monoisotopic (exact) mass is 314 g/mol. The molecule has 0 amide bonds. The maximum Gasteiger partial charge on any atom is 0.133 e. The van der Waals surface area contributed by atoms with E-state index >= 15 is 0 Å². The molecule has 0 radical (unpaired) electrons. The Kier molecular flexibility index (Phi) is 3.43. The van der Waals surface area contributed by atoms with Crippen LogP contribution < -0.4 is 0 Å². The molecule has 0 aromatic carbocycles. The normalized spacial score (nSPS) is 51.5. The van der Waals surface area contributed by atoms with Crippen molar-refractivity contribution in [3.8, 4) is 0 Å². The van der Waals surface area contributed by atoms with Crippen molar-refractivity contribution in [3.05, 3.63) is 23.8 Å². The molecule has 3 fully saturated rings. The SMILES string of the molecule is CC(=O)[C@H]1CC[C@H]2[C@@H]3CCC4=CC(O)C=C[C@]4(C)[C@H]3CC[C@]12C. The smallest absolute Gasteiger partial charge is 0.133 e. The first-order chi connectivity index (χ1) is 10.9. The number of fused-ring (bicyclic) bond motifs is 5. The molecule has 0 heterocycles. The lowest BCUT2D eigenvalue weighted by Crippen LogP contribution is -2.50. The number of allylic oxidation sites excluding steroid dienone is 2. The molecule has 2 nitrogen and oxygen atoms in total. The summed E-state index contributed by atoms with van der Waals surface area (Å²) in [7, 11) is 0. The van der Waals surface area contributed by atoms with E-state index < -0.39 is 6.10 Å². The molecule has 1 unspecified atom stereocenters. The van der Waals surface area contributed by atoms with E-state index in [0.29, 0.717) is 23.5 Å². The summed E-state index contributed by atoms with van der Waals surface area (Å²) in [5.41, 5.74) is 1.83. The summed E-state index contributed by atoms with van der Waals surface area (Å²) in [6.07, 6.45) is 13.1. The second kappa shape index (κ2) is 5.05. The molecule has 2 heteroatoms. The Morgan fingerprint density at radius 3 is 2.70 bits per heavy atom. The van der Waals surface area contributed by atoms with Gasteiger partial charge in [0.15, 0.2) is 0 Å². The number of hydrogen-bond donors (Lipinski definition) is 1. The fraction of sp³-hybridized carbons (Fsp3) is 0.762. The molecule has 0 aliphatic heterocycles. The summed E-state index contributed by atoms with van der Waals surface area (Å²) < 4.78 is 0. The molecule has 0 spiro atoms. The van der Waals surface area contributed by atoms with Gasteiger partial charge in [0.2, 0.25) is 0 Å². The molecule has 0 bridgehead atoms.